The maximum atomic E-state index is 10.3. The lowest BCUT2D eigenvalue weighted by molar-refractivity contribution is 0.403. The number of benzene rings is 1. The summed E-state index contributed by atoms with van der Waals surface area (Å²) in [5.41, 5.74) is 9.18. The van der Waals surface area contributed by atoms with Crippen molar-refractivity contribution >= 4 is 0 Å². The van der Waals surface area contributed by atoms with Crippen molar-refractivity contribution < 1.29 is 5.11 Å². The highest BCUT2D eigenvalue weighted by atomic mass is 16.3. The Morgan fingerprint density at radius 2 is 1.88 bits per heavy atom. The van der Waals surface area contributed by atoms with E-state index in [1.807, 2.05) is 13.8 Å². The van der Waals surface area contributed by atoms with Crippen LogP contribution in [-0.2, 0) is 5.41 Å². The monoisotopic (exact) mass is 219 g/mol. The van der Waals surface area contributed by atoms with E-state index in [-0.39, 0.29) is 5.41 Å². The molecule has 16 heavy (non-hydrogen) atoms. The normalized spacial score (nSPS) is 18.9. The minimum absolute atomic E-state index is 0.0303. The molecule has 1 aromatic rings. The number of hydrogen-bond acceptors (Lipinski definition) is 2. The first-order valence-electron chi connectivity index (χ1n) is 6.10. The summed E-state index contributed by atoms with van der Waals surface area (Å²) >= 11 is 0. The SMILES string of the molecule is Cc1ccc(C2(CN)CCCC2)c(O)c1C. The number of phenols is 1. The molecule has 2 nitrogen and oxygen atoms in total. The lowest BCUT2D eigenvalue weighted by atomic mass is 9.77. The zero-order valence-electron chi connectivity index (χ0n) is 10.2. The van der Waals surface area contributed by atoms with Crippen molar-refractivity contribution in [2.24, 2.45) is 5.73 Å². The average molecular weight is 219 g/mol. The highest BCUT2D eigenvalue weighted by Gasteiger charge is 2.36. The quantitative estimate of drug-likeness (QED) is 0.803. The third-order valence-electron chi connectivity index (χ3n) is 4.22. The summed E-state index contributed by atoms with van der Waals surface area (Å²) in [7, 11) is 0. The standard InChI is InChI=1S/C14H21NO/c1-10-5-6-12(13(16)11(10)2)14(9-15)7-3-4-8-14/h5-6,16H,3-4,7-9,15H2,1-2H3. The average Bonchev–Trinajstić information content (AvgIpc) is 2.76. The van der Waals surface area contributed by atoms with Crippen molar-refractivity contribution in [1.82, 2.24) is 0 Å². The van der Waals surface area contributed by atoms with Crippen LogP contribution in [-0.4, -0.2) is 11.7 Å². The van der Waals surface area contributed by atoms with E-state index in [0.29, 0.717) is 12.3 Å². The predicted octanol–water partition coefficient (Wildman–Crippen LogP) is 2.78. The van der Waals surface area contributed by atoms with Crippen LogP contribution in [0.4, 0.5) is 0 Å². The van der Waals surface area contributed by atoms with Crippen LogP contribution in [0.1, 0.15) is 42.4 Å². The van der Waals surface area contributed by atoms with Gasteiger partial charge in [0.2, 0.25) is 0 Å². The van der Waals surface area contributed by atoms with Crippen LogP contribution in [0.15, 0.2) is 12.1 Å². The van der Waals surface area contributed by atoms with Crippen molar-refractivity contribution in [3.63, 3.8) is 0 Å². The van der Waals surface area contributed by atoms with Gasteiger partial charge in [0.1, 0.15) is 5.75 Å². The van der Waals surface area contributed by atoms with Crippen molar-refractivity contribution in [2.75, 3.05) is 6.54 Å². The van der Waals surface area contributed by atoms with Gasteiger partial charge in [-0.15, -0.1) is 0 Å². The summed E-state index contributed by atoms with van der Waals surface area (Å²) < 4.78 is 0. The Kier molecular flexibility index (Phi) is 2.94. The first kappa shape index (κ1) is 11.5. The van der Waals surface area contributed by atoms with E-state index < -0.39 is 0 Å². The van der Waals surface area contributed by atoms with Crippen molar-refractivity contribution in [3.05, 3.63) is 28.8 Å². The molecule has 0 heterocycles. The Hall–Kier alpha value is -1.02. The van der Waals surface area contributed by atoms with Gasteiger partial charge in [-0.2, -0.15) is 0 Å². The molecule has 0 bridgehead atoms. The molecule has 1 aromatic carbocycles. The molecule has 2 heteroatoms. The third-order valence-corrected chi connectivity index (χ3v) is 4.22. The summed E-state index contributed by atoms with van der Waals surface area (Å²) in [6.45, 7) is 4.65. The molecular weight excluding hydrogens is 198 g/mol. The molecule has 0 aromatic heterocycles. The Balaban J connectivity index is 2.51. The number of hydrogen-bond donors (Lipinski definition) is 2. The van der Waals surface area contributed by atoms with Crippen LogP contribution in [0.5, 0.6) is 5.75 Å². The zero-order valence-corrected chi connectivity index (χ0v) is 10.2. The molecule has 1 saturated carbocycles. The first-order valence-corrected chi connectivity index (χ1v) is 6.10. The van der Waals surface area contributed by atoms with E-state index in [2.05, 4.69) is 12.1 Å². The Morgan fingerprint density at radius 1 is 1.25 bits per heavy atom. The van der Waals surface area contributed by atoms with Gasteiger partial charge in [-0.05, 0) is 37.8 Å². The molecule has 0 unspecified atom stereocenters. The Labute approximate surface area is 97.5 Å². The Bertz CT molecular complexity index is 392. The molecule has 0 radical (unpaired) electrons. The van der Waals surface area contributed by atoms with Crippen LogP contribution < -0.4 is 5.73 Å². The van der Waals surface area contributed by atoms with Gasteiger partial charge in [0.05, 0.1) is 0 Å². The smallest absolute Gasteiger partial charge is 0.122 e. The molecule has 3 N–H and O–H groups in total. The Morgan fingerprint density at radius 3 is 2.44 bits per heavy atom. The van der Waals surface area contributed by atoms with Crippen LogP contribution in [0, 0.1) is 13.8 Å². The van der Waals surface area contributed by atoms with Gasteiger partial charge in [0.15, 0.2) is 0 Å². The van der Waals surface area contributed by atoms with Gasteiger partial charge in [-0.3, -0.25) is 0 Å². The van der Waals surface area contributed by atoms with Gasteiger partial charge < -0.3 is 10.8 Å². The molecule has 0 spiro atoms. The van der Waals surface area contributed by atoms with E-state index in [0.717, 1.165) is 29.5 Å². The lowest BCUT2D eigenvalue weighted by Crippen LogP contribution is -2.32. The number of rotatable bonds is 2. The molecule has 0 aliphatic heterocycles. The van der Waals surface area contributed by atoms with Gasteiger partial charge >= 0.3 is 0 Å². The molecule has 2 rings (SSSR count). The summed E-state index contributed by atoms with van der Waals surface area (Å²) in [5.74, 6) is 0.465. The molecule has 1 fully saturated rings. The highest BCUT2D eigenvalue weighted by molar-refractivity contribution is 5.48. The number of phenolic OH excluding ortho intramolecular Hbond substituents is 1. The van der Waals surface area contributed by atoms with E-state index in [4.69, 9.17) is 5.73 Å². The lowest BCUT2D eigenvalue weighted by Gasteiger charge is -2.29. The molecule has 0 atom stereocenters. The van der Waals surface area contributed by atoms with Crippen molar-refractivity contribution in [2.45, 2.75) is 44.9 Å². The fraction of sp³-hybridized carbons (Fsp3) is 0.571. The summed E-state index contributed by atoms with van der Waals surface area (Å²) in [5, 5.41) is 10.3. The van der Waals surface area contributed by atoms with Crippen molar-refractivity contribution in [3.8, 4) is 5.75 Å². The second-order valence-electron chi connectivity index (χ2n) is 5.10. The maximum absolute atomic E-state index is 10.3. The highest BCUT2D eigenvalue weighted by Crippen LogP contribution is 2.44. The predicted molar refractivity (Wildman–Crippen MR) is 66.8 cm³/mol. The first-order chi connectivity index (χ1) is 7.60. The minimum atomic E-state index is 0.0303. The summed E-state index contributed by atoms with van der Waals surface area (Å²) in [6.07, 6.45) is 4.67. The van der Waals surface area contributed by atoms with Crippen LogP contribution >= 0.6 is 0 Å². The van der Waals surface area contributed by atoms with Gasteiger partial charge in [0.25, 0.3) is 0 Å². The van der Waals surface area contributed by atoms with Crippen LogP contribution in [0.3, 0.4) is 0 Å². The maximum Gasteiger partial charge on any atom is 0.122 e. The molecule has 0 saturated heterocycles. The topological polar surface area (TPSA) is 46.2 Å². The molecule has 1 aliphatic carbocycles. The summed E-state index contributed by atoms with van der Waals surface area (Å²) in [4.78, 5) is 0. The van der Waals surface area contributed by atoms with Crippen molar-refractivity contribution in [1.29, 1.82) is 0 Å². The third kappa shape index (κ3) is 1.61. The van der Waals surface area contributed by atoms with E-state index in [1.165, 1.54) is 12.8 Å². The molecule has 1 aliphatic rings. The zero-order chi connectivity index (χ0) is 11.8. The number of aryl methyl sites for hydroxylation is 1. The van der Waals surface area contributed by atoms with Gasteiger partial charge in [-0.25, -0.2) is 0 Å². The fourth-order valence-corrected chi connectivity index (χ4v) is 2.86. The summed E-state index contributed by atoms with van der Waals surface area (Å²) in [6, 6.07) is 4.16. The van der Waals surface area contributed by atoms with E-state index >= 15 is 0 Å². The largest absolute Gasteiger partial charge is 0.507 e. The van der Waals surface area contributed by atoms with Gasteiger partial charge in [-0.1, -0.05) is 25.0 Å². The second-order valence-corrected chi connectivity index (χ2v) is 5.10. The molecule has 0 amide bonds. The number of aromatic hydroxyl groups is 1. The minimum Gasteiger partial charge on any atom is -0.507 e. The number of nitrogens with two attached hydrogens (primary N) is 1. The van der Waals surface area contributed by atoms with Crippen LogP contribution in [0.2, 0.25) is 0 Å². The molecule has 88 valence electrons. The van der Waals surface area contributed by atoms with E-state index in [9.17, 15) is 5.11 Å². The van der Waals surface area contributed by atoms with E-state index in [1.54, 1.807) is 0 Å². The second kappa shape index (κ2) is 4.10. The van der Waals surface area contributed by atoms with Gasteiger partial charge in [0, 0.05) is 17.5 Å². The van der Waals surface area contributed by atoms with Crippen LogP contribution in [0.25, 0.3) is 0 Å². The fourth-order valence-electron chi connectivity index (χ4n) is 2.86. The molecular formula is C14H21NO.